The average molecular weight is 337 g/mol. The third kappa shape index (κ3) is 3.63. The van der Waals surface area contributed by atoms with Crippen LogP contribution in [0.4, 0.5) is 0 Å². The van der Waals surface area contributed by atoms with Gasteiger partial charge in [0.1, 0.15) is 5.82 Å². The van der Waals surface area contributed by atoms with E-state index >= 15 is 0 Å². The smallest absolute Gasteiger partial charge is 0.222 e. The van der Waals surface area contributed by atoms with Gasteiger partial charge < -0.3 is 9.47 Å². The third-order valence-electron chi connectivity index (χ3n) is 5.53. The molecule has 1 aromatic carbocycles. The maximum Gasteiger partial charge on any atom is 0.222 e. The molecule has 1 aromatic heterocycles. The highest BCUT2D eigenvalue weighted by Crippen LogP contribution is 2.41. The van der Waals surface area contributed by atoms with Crippen molar-refractivity contribution in [2.45, 2.75) is 57.4 Å². The standard InChI is InChI=1S/C21H27N3O/c1-16-14-22-21(18-10-11-18)24(16)19-12-13-23(15-19)20(25)9-5-8-17-6-3-2-4-7-17/h2-4,6-7,14,18-19H,5,8-13,15H2,1H3. The molecule has 0 bridgehead atoms. The Hall–Kier alpha value is -2.10. The number of aryl methyl sites for hydroxylation is 2. The molecule has 0 radical (unpaired) electrons. The van der Waals surface area contributed by atoms with E-state index in [0.717, 1.165) is 32.4 Å². The van der Waals surface area contributed by atoms with E-state index in [2.05, 4.69) is 45.6 Å². The maximum absolute atomic E-state index is 12.6. The largest absolute Gasteiger partial charge is 0.341 e. The fraction of sp³-hybridized carbons (Fsp3) is 0.524. The summed E-state index contributed by atoms with van der Waals surface area (Å²) in [6, 6.07) is 10.8. The van der Waals surface area contributed by atoms with E-state index in [4.69, 9.17) is 0 Å². The van der Waals surface area contributed by atoms with Crippen LogP contribution in [0.5, 0.6) is 0 Å². The summed E-state index contributed by atoms with van der Waals surface area (Å²) in [7, 11) is 0. The second-order valence-corrected chi connectivity index (χ2v) is 7.52. The van der Waals surface area contributed by atoms with Crippen molar-refractivity contribution in [2.24, 2.45) is 0 Å². The van der Waals surface area contributed by atoms with Gasteiger partial charge in [0, 0.05) is 37.3 Å². The quantitative estimate of drug-likeness (QED) is 0.802. The van der Waals surface area contributed by atoms with Gasteiger partial charge in [-0.05, 0) is 44.6 Å². The number of carbonyl (C=O) groups excluding carboxylic acids is 1. The zero-order valence-electron chi connectivity index (χ0n) is 15.0. The molecule has 4 rings (SSSR count). The summed E-state index contributed by atoms with van der Waals surface area (Å²) in [4.78, 5) is 19.3. The Bertz CT molecular complexity index is 733. The van der Waals surface area contributed by atoms with Gasteiger partial charge in [-0.25, -0.2) is 4.98 Å². The fourth-order valence-electron chi connectivity index (χ4n) is 4.01. The van der Waals surface area contributed by atoms with E-state index < -0.39 is 0 Å². The summed E-state index contributed by atoms with van der Waals surface area (Å²) in [5.41, 5.74) is 2.56. The number of likely N-dealkylation sites (tertiary alicyclic amines) is 1. The van der Waals surface area contributed by atoms with Crippen molar-refractivity contribution in [1.29, 1.82) is 0 Å². The van der Waals surface area contributed by atoms with Gasteiger partial charge in [-0.1, -0.05) is 30.3 Å². The van der Waals surface area contributed by atoms with Crippen molar-refractivity contribution < 1.29 is 4.79 Å². The lowest BCUT2D eigenvalue weighted by Gasteiger charge is -2.19. The van der Waals surface area contributed by atoms with Crippen LogP contribution in [0.3, 0.4) is 0 Å². The molecule has 2 heterocycles. The Morgan fingerprint density at radius 3 is 2.76 bits per heavy atom. The highest BCUT2D eigenvalue weighted by Gasteiger charge is 2.34. The molecule has 2 aliphatic rings. The number of carbonyl (C=O) groups is 1. The zero-order chi connectivity index (χ0) is 17.2. The van der Waals surface area contributed by atoms with Crippen LogP contribution in [0.15, 0.2) is 36.5 Å². The second-order valence-electron chi connectivity index (χ2n) is 7.52. The first-order valence-electron chi connectivity index (χ1n) is 9.58. The van der Waals surface area contributed by atoms with Crippen LogP contribution < -0.4 is 0 Å². The third-order valence-corrected chi connectivity index (χ3v) is 5.53. The minimum atomic E-state index is 0.309. The Kier molecular flexibility index (Phi) is 4.60. The molecule has 1 saturated carbocycles. The molecule has 1 unspecified atom stereocenters. The van der Waals surface area contributed by atoms with E-state index in [1.807, 2.05) is 12.3 Å². The van der Waals surface area contributed by atoms with E-state index in [1.165, 1.54) is 29.9 Å². The first-order chi connectivity index (χ1) is 12.2. The predicted octanol–water partition coefficient (Wildman–Crippen LogP) is 3.87. The van der Waals surface area contributed by atoms with Gasteiger partial charge in [-0.3, -0.25) is 4.79 Å². The number of benzene rings is 1. The molecular weight excluding hydrogens is 310 g/mol. The molecule has 2 aromatic rings. The van der Waals surface area contributed by atoms with E-state index in [9.17, 15) is 4.79 Å². The van der Waals surface area contributed by atoms with E-state index in [0.29, 0.717) is 24.3 Å². The van der Waals surface area contributed by atoms with Crippen molar-refractivity contribution in [2.75, 3.05) is 13.1 Å². The molecule has 1 aliphatic carbocycles. The van der Waals surface area contributed by atoms with Crippen molar-refractivity contribution >= 4 is 5.91 Å². The molecule has 2 fully saturated rings. The van der Waals surface area contributed by atoms with Gasteiger partial charge in [-0.15, -0.1) is 0 Å². The van der Waals surface area contributed by atoms with Crippen LogP contribution in [-0.2, 0) is 11.2 Å². The highest BCUT2D eigenvalue weighted by molar-refractivity contribution is 5.76. The molecule has 4 nitrogen and oxygen atoms in total. The summed E-state index contributed by atoms with van der Waals surface area (Å²) in [5, 5.41) is 0. The Labute approximate surface area is 149 Å². The number of imidazole rings is 1. The number of rotatable bonds is 6. The van der Waals surface area contributed by atoms with Crippen molar-refractivity contribution in [3.8, 4) is 0 Å². The van der Waals surface area contributed by atoms with E-state index in [-0.39, 0.29) is 0 Å². The van der Waals surface area contributed by atoms with Crippen molar-refractivity contribution in [3.63, 3.8) is 0 Å². The average Bonchev–Trinajstić information content (AvgIpc) is 3.22. The fourth-order valence-corrected chi connectivity index (χ4v) is 4.01. The summed E-state index contributed by atoms with van der Waals surface area (Å²) in [6.07, 6.45) is 8.16. The second kappa shape index (κ2) is 7.03. The monoisotopic (exact) mass is 337 g/mol. The van der Waals surface area contributed by atoms with Crippen LogP contribution in [0.2, 0.25) is 0 Å². The molecule has 1 aliphatic heterocycles. The Morgan fingerprint density at radius 2 is 2.00 bits per heavy atom. The molecule has 1 atom stereocenters. The molecular formula is C21H27N3O. The van der Waals surface area contributed by atoms with Crippen molar-refractivity contribution in [1.82, 2.24) is 14.5 Å². The summed E-state index contributed by atoms with van der Waals surface area (Å²) >= 11 is 0. The van der Waals surface area contributed by atoms with Crippen LogP contribution in [-0.4, -0.2) is 33.4 Å². The van der Waals surface area contributed by atoms with Gasteiger partial charge in [0.25, 0.3) is 0 Å². The highest BCUT2D eigenvalue weighted by atomic mass is 16.2. The lowest BCUT2D eigenvalue weighted by Crippen LogP contribution is -2.29. The molecule has 0 spiro atoms. The topological polar surface area (TPSA) is 38.1 Å². The lowest BCUT2D eigenvalue weighted by molar-refractivity contribution is -0.130. The van der Waals surface area contributed by atoms with Gasteiger partial charge in [0.15, 0.2) is 0 Å². The summed E-state index contributed by atoms with van der Waals surface area (Å²) in [5.74, 6) is 2.22. The number of hydrogen-bond donors (Lipinski definition) is 0. The Balaban J connectivity index is 1.31. The van der Waals surface area contributed by atoms with Gasteiger partial charge in [0.2, 0.25) is 5.91 Å². The van der Waals surface area contributed by atoms with Crippen LogP contribution in [0, 0.1) is 6.92 Å². The van der Waals surface area contributed by atoms with Gasteiger partial charge in [0.05, 0.1) is 6.04 Å². The zero-order valence-corrected chi connectivity index (χ0v) is 15.0. The molecule has 1 saturated heterocycles. The predicted molar refractivity (Wildman–Crippen MR) is 98.6 cm³/mol. The lowest BCUT2D eigenvalue weighted by atomic mass is 10.1. The normalized spacial score (nSPS) is 20.2. The first kappa shape index (κ1) is 16.4. The van der Waals surface area contributed by atoms with Crippen molar-refractivity contribution in [3.05, 3.63) is 53.6 Å². The maximum atomic E-state index is 12.6. The number of amides is 1. The number of nitrogens with zero attached hydrogens (tertiary/aromatic N) is 3. The molecule has 4 heteroatoms. The first-order valence-corrected chi connectivity index (χ1v) is 9.58. The molecule has 25 heavy (non-hydrogen) atoms. The molecule has 0 N–H and O–H groups in total. The number of hydrogen-bond acceptors (Lipinski definition) is 2. The SMILES string of the molecule is Cc1cnc(C2CC2)n1C1CCN(C(=O)CCCc2ccccc2)C1. The van der Waals surface area contributed by atoms with Crippen LogP contribution in [0.1, 0.15) is 61.1 Å². The minimum Gasteiger partial charge on any atom is -0.341 e. The van der Waals surface area contributed by atoms with E-state index in [1.54, 1.807) is 0 Å². The van der Waals surface area contributed by atoms with Gasteiger partial charge >= 0.3 is 0 Å². The Morgan fingerprint density at radius 1 is 1.20 bits per heavy atom. The summed E-state index contributed by atoms with van der Waals surface area (Å²) in [6.45, 7) is 3.88. The van der Waals surface area contributed by atoms with Crippen LogP contribution in [0.25, 0.3) is 0 Å². The van der Waals surface area contributed by atoms with Gasteiger partial charge in [-0.2, -0.15) is 0 Å². The molecule has 1 amide bonds. The summed E-state index contributed by atoms with van der Waals surface area (Å²) < 4.78 is 2.41. The number of aromatic nitrogens is 2. The van der Waals surface area contributed by atoms with Crippen LogP contribution >= 0.6 is 0 Å². The minimum absolute atomic E-state index is 0.309. The molecule has 132 valence electrons.